The number of carbonyl (C=O) groups is 1. The monoisotopic (exact) mass is 259 g/mol. The maximum atomic E-state index is 11.8. The third kappa shape index (κ3) is 4.06. The lowest BCUT2D eigenvalue weighted by Gasteiger charge is -2.28. The van der Waals surface area contributed by atoms with E-state index in [1.807, 2.05) is 19.0 Å². The van der Waals surface area contributed by atoms with Gasteiger partial charge in [0.1, 0.15) is 10.1 Å². The van der Waals surface area contributed by atoms with Crippen molar-refractivity contribution in [1.82, 2.24) is 4.90 Å². The fourth-order valence-corrected chi connectivity index (χ4v) is 3.49. The molecule has 0 aromatic rings. The molecule has 0 aromatic heterocycles. The summed E-state index contributed by atoms with van der Waals surface area (Å²) in [6, 6.07) is 0. The first-order valence-corrected chi connectivity index (χ1v) is 7.24. The summed E-state index contributed by atoms with van der Waals surface area (Å²) in [6.45, 7) is 2.21. The molecule has 0 aliphatic heterocycles. The normalized spacial score (nSPS) is 25.6. The van der Waals surface area contributed by atoms with E-state index in [9.17, 15) is 4.79 Å². The quantitative estimate of drug-likeness (QED) is 0.725. The van der Waals surface area contributed by atoms with Crippen molar-refractivity contribution in [2.75, 3.05) is 14.1 Å². The van der Waals surface area contributed by atoms with Gasteiger partial charge in [-0.25, -0.2) is 0 Å². The van der Waals surface area contributed by atoms with Gasteiger partial charge < -0.3 is 4.90 Å². The number of thiocarbonyl (C=S) groups is 1. The molecule has 4 heteroatoms. The smallest absolute Gasteiger partial charge is 0.146 e. The first-order chi connectivity index (χ1) is 7.54. The van der Waals surface area contributed by atoms with E-state index in [1.165, 1.54) is 12.8 Å². The van der Waals surface area contributed by atoms with Crippen LogP contribution < -0.4 is 0 Å². The van der Waals surface area contributed by atoms with E-state index in [0.29, 0.717) is 5.78 Å². The number of hydrogen-bond acceptors (Lipinski definition) is 3. The molecule has 16 heavy (non-hydrogen) atoms. The topological polar surface area (TPSA) is 20.3 Å². The van der Waals surface area contributed by atoms with E-state index in [1.54, 1.807) is 11.8 Å². The van der Waals surface area contributed by atoms with E-state index < -0.39 is 0 Å². The van der Waals surface area contributed by atoms with Crippen LogP contribution in [0.2, 0.25) is 0 Å². The standard InChI is InChI=1S/C12H21NOS2/c1-4-5-9-6-7-10(14)11(8-9)16-12(15)13(2)3/h9,11H,4-8H2,1-3H3/t9-,11-/m0/s1. The maximum Gasteiger partial charge on any atom is 0.146 e. The summed E-state index contributed by atoms with van der Waals surface area (Å²) < 4.78 is 0.829. The second-order valence-corrected chi connectivity index (χ2v) is 6.50. The minimum absolute atomic E-state index is 0.111. The van der Waals surface area contributed by atoms with Crippen LogP contribution in [0.25, 0.3) is 0 Å². The number of rotatable bonds is 3. The van der Waals surface area contributed by atoms with Gasteiger partial charge in [0.2, 0.25) is 0 Å². The van der Waals surface area contributed by atoms with Gasteiger partial charge in [0.25, 0.3) is 0 Å². The van der Waals surface area contributed by atoms with Gasteiger partial charge >= 0.3 is 0 Å². The average molecular weight is 259 g/mol. The zero-order valence-corrected chi connectivity index (χ0v) is 12.0. The first kappa shape index (κ1) is 14.0. The fourth-order valence-electron chi connectivity index (χ4n) is 2.07. The van der Waals surface area contributed by atoms with Crippen LogP contribution in [0.3, 0.4) is 0 Å². The van der Waals surface area contributed by atoms with Gasteiger partial charge in [-0.2, -0.15) is 0 Å². The molecule has 1 aliphatic rings. The summed E-state index contributed by atoms with van der Waals surface area (Å²) in [5.41, 5.74) is 0. The summed E-state index contributed by atoms with van der Waals surface area (Å²) in [6.07, 6.45) is 5.32. The lowest BCUT2D eigenvalue weighted by atomic mass is 9.85. The largest absolute Gasteiger partial charge is 0.364 e. The summed E-state index contributed by atoms with van der Waals surface area (Å²) >= 11 is 6.83. The van der Waals surface area contributed by atoms with Crippen molar-refractivity contribution in [3.8, 4) is 0 Å². The molecule has 0 N–H and O–H groups in total. The molecule has 1 rings (SSSR count). The molecule has 2 atom stereocenters. The molecule has 1 fully saturated rings. The van der Waals surface area contributed by atoms with Crippen LogP contribution in [0, 0.1) is 5.92 Å². The van der Waals surface area contributed by atoms with Gasteiger partial charge in [-0.3, -0.25) is 4.79 Å². The van der Waals surface area contributed by atoms with E-state index in [0.717, 1.165) is 29.5 Å². The van der Waals surface area contributed by atoms with Gasteiger partial charge in [0.15, 0.2) is 0 Å². The van der Waals surface area contributed by atoms with Crippen molar-refractivity contribution in [3.63, 3.8) is 0 Å². The van der Waals surface area contributed by atoms with Crippen molar-refractivity contribution in [3.05, 3.63) is 0 Å². The highest BCUT2D eigenvalue weighted by molar-refractivity contribution is 8.23. The van der Waals surface area contributed by atoms with Gasteiger partial charge in [-0.1, -0.05) is 43.7 Å². The number of hydrogen-bond donors (Lipinski definition) is 0. The second-order valence-electron chi connectivity index (χ2n) is 4.66. The summed E-state index contributed by atoms with van der Waals surface area (Å²) in [5, 5.41) is 0.111. The average Bonchev–Trinajstić information content (AvgIpc) is 2.23. The third-order valence-corrected chi connectivity index (χ3v) is 4.97. The van der Waals surface area contributed by atoms with Crippen LogP contribution in [0.4, 0.5) is 0 Å². The molecular formula is C12H21NOS2. The van der Waals surface area contributed by atoms with Crippen molar-refractivity contribution in [2.24, 2.45) is 5.92 Å². The summed E-state index contributed by atoms with van der Waals surface area (Å²) in [7, 11) is 3.87. The van der Waals surface area contributed by atoms with Crippen molar-refractivity contribution >= 4 is 34.1 Å². The molecule has 2 nitrogen and oxygen atoms in total. The number of ketones is 1. The van der Waals surface area contributed by atoms with E-state index in [2.05, 4.69) is 6.92 Å². The molecule has 0 unspecified atom stereocenters. The molecule has 0 aromatic carbocycles. The molecule has 1 saturated carbocycles. The molecule has 0 heterocycles. The lowest BCUT2D eigenvalue weighted by Crippen LogP contribution is -2.30. The Morgan fingerprint density at radius 2 is 2.25 bits per heavy atom. The molecule has 92 valence electrons. The Bertz CT molecular complexity index is 266. The SMILES string of the molecule is CCC[C@H]1CCC(=O)[C@@H](SC(=S)N(C)C)C1. The Balaban J connectivity index is 2.49. The summed E-state index contributed by atoms with van der Waals surface area (Å²) in [5.74, 6) is 1.12. The van der Waals surface area contributed by atoms with E-state index in [-0.39, 0.29) is 5.25 Å². The highest BCUT2D eigenvalue weighted by Crippen LogP contribution is 2.33. The molecule has 0 spiro atoms. The highest BCUT2D eigenvalue weighted by Gasteiger charge is 2.29. The Kier molecular flexibility index (Phi) is 5.76. The third-order valence-electron chi connectivity index (χ3n) is 3.01. The van der Waals surface area contributed by atoms with Crippen LogP contribution in [0.15, 0.2) is 0 Å². The van der Waals surface area contributed by atoms with Gasteiger partial charge in [-0.05, 0) is 18.8 Å². The van der Waals surface area contributed by atoms with Crippen LogP contribution in [-0.4, -0.2) is 34.3 Å². The molecule has 1 aliphatic carbocycles. The zero-order valence-electron chi connectivity index (χ0n) is 10.4. The predicted molar refractivity (Wildman–Crippen MR) is 74.9 cm³/mol. The fraction of sp³-hybridized carbons (Fsp3) is 0.833. The Hall–Kier alpha value is -0.0900. The highest BCUT2D eigenvalue weighted by atomic mass is 32.2. The lowest BCUT2D eigenvalue weighted by molar-refractivity contribution is -0.120. The Labute approximate surface area is 108 Å². The van der Waals surface area contributed by atoms with Gasteiger partial charge in [0, 0.05) is 20.5 Å². The summed E-state index contributed by atoms with van der Waals surface area (Å²) in [4.78, 5) is 13.7. The molecule has 0 saturated heterocycles. The van der Waals surface area contributed by atoms with E-state index in [4.69, 9.17) is 12.2 Å². The van der Waals surface area contributed by atoms with Crippen molar-refractivity contribution in [1.29, 1.82) is 0 Å². The van der Waals surface area contributed by atoms with Gasteiger partial charge in [-0.15, -0.1) is 0 Å². The predicted octanol–water partition coefficient (Wildman–Crippen LogP) is 3.10. The van der Waals surface area contributed by atoms with Crippen LogP contribution in [0.1, 0.15) is 39.0 Å². The van der Waals surface area contributed by atoms with Crippen LogP contribution in [0.5, 0.6) is 0 Å². The number of nitrogens with zero attached hydrogens (tertiary/aromatic N) is 1. The van der Waals surface area contributed by atoms with Crippen LogP contribution >= 0.6 is 24.0 Å². The first-order valence-electron chi connectivity index (χ1n) is 5.95. The molecule has 0 radical (unpaired) electrons. The van der Waals surface area contributed by atoms with Gasteiger partial charge in [0.05, 0.1) is 5.25 Å². The van der Waals surface area contributed by atoms with Crippen molar-refractivity contribution in [2.45, 2.75) is 44.3 Å². The molecule has 0 amide bonds. The van der Waals surface area contributed by atoms with Crippen LogP contribution in [-0.2, 0) is 4.79 Å². The Morgan fingerprint density at radius 1 is 1.56 bits per heavy atom. The Morgan fingerprint density at radius 3 is 2.81 bits per heavy atom. The zero-order chi connectivity index (χ0) is 12.1. The maximum absolute atomic E-state index is 11.8. The second kappa shape index (κ2) is 6.60. The molecular weight excluding hydrogens is 238 g/mol. The number of carbonyl (C=O) groups excluding carboxylic acids is 1. The van der Waals surface area contributed by atoms with E-state index >= 15 is 0 Å². The minimum Gasteiger partial charge on any atom is -0.364 e. The van der Waals surface area contributed by atoms with Crippen molar-refractivity contribution < 1.29 is 4.79 Å². The minimum atomic E-state index is 0.111. The number of Topliss-reactive ketones (excluding diaryl/α,β-unsaturated/α-hetero) is 1. The molecule has 0 bridgehead atoms. The number of thioether (sulfide) groups is 1.